The molecule has 0 bridgehead atoms. The summed E-state index contributed by atoms with van der Waals surface area (Å²) in [5.74, 6) is 0.943. The van der Waals surface area contributed by atoms with Crippen LogP contribution < -0.4 is 5.32 Å². The maximum absolute atomic E-state index is 4.63. The lowest BCUT2D eigenvalue weighted by Gasteiger charge is -2.13. The predicted octanol–water partition coefficient (Wildman–Crippen LogP) is 1.76. The van der Waals surface area contributed by atoms with Gasteiger partial charge in [0.15, 0.2) is 5.65 Å². The minimum Gasteiger partial charge on any atom is -0.369 e. The molecule has 108 valence electrons. The Morgan fingerprint density at radius 2 is 1.95 bits per heavy atom. The van der Waals surface area contributed by atoms with Crippen molar-refractivity contribution >= 4 is 11.5 Å². The van der Waals surface area contributed by atoms with Crippen LogP contribution in [0.5, 0.6) is 0 Å². The number of rotatable bonds is 5. The van der Waals surface area contributed by atoms with Gasteiger partial charge in [0.05, 0.1) is 11.9 Å². The first-order valence-corrected chi connectivity index (χ1v) is 6.88. The van der Waals surface area contributed by atoms with Crippen LogP contribution in [0.25, 0.3) is 16.9 Å². The van der Waals surface area contributed by atoms with Crippen molar-refractivity contribution in [3.63, 3.8) is 0 Å². The number of nitrogens with zero attached hydrogens (tertiary/aromatic N) is 5. The highest BCUT2D eigenvalue weighted by Crippen LogP contribution is 2.21. The van der Waals surface area contributed by atoms with Crippen molar-refractivity contribution in [1.29, 1.82) is 0 Å². The SMILES string of the molecule is CN(C)CCNc1cc(-c2ccncc2)nc2ccnn12. The lowest BCUT2D eigenvalue weighted by atomic mass is 10.2. The van der Waals surface area contributed by atoms with Gasteiger partial charge in [-0.2, -0.15) is 9.61 Å². The van der Waals surface area contributed by atoms with Crippen molar-refractivity contribution in [2.45, 2.75) is 0 Å². The fourth-order valence-electron chi connectivity index (χ4n) is 2.12. The summed E-state index contributed by atoms with van der Waals surface area (Å²) in [6.45, 7) is 1.80. The van der Waals surface area contributed by atoms with Crippen molar-refractivity contribution < 1.29 is 0 Å². The Hall–Kier alpha value is -2.47. The van der Waals surface area contributed by atoms with Gasteiger partial charge in [-0.25, -0.2) is 4.98 Å². The third kappa shape index (κ3) is 3.00. The molecule has 1 N–H and O–H groups in total. The van der Waals surface area contributed by atoms with E-state index in [4.69, 9.17) is 0 Å². The Morgan fingerprint density at radius 3 is 2.71 bits per heavy atom. The van der Waals surface area contributed by atoms with Crippen LogP contribution in [0.4, 0.5) is 5.82 Å². The Balaban J connectivity index is 1.96. The molecule has 0 aliphatic carbocycles. The topological polar surface area (TPSA) is 58.3 Å². The zero-order valence-corrected chi connectivity index (χ0v) is 12.2. The van der Waals surface area contributed by atoms with Gasteiger partial charge in [-0.3, -0.25) is 4.98 Å². The second-order valence-electron chi connectivity index (χ2n) is 5.09. The van der Waals surface area contributed by atoms with Gasteiger partial charge in [0, 0.05) is 43.2 Å². The third-order valence-corrected chi connectivity index (χ3v) is 3.20. The van der Waals surface area contributed by atoms with E-state index >= 15 is 0 Å². The van der Waals surface area contributed by atoms with E-state index in [-0.39, 0.29) is 0 Å². The maximum Gasteiger partial charge on any atom is 0.157 e. The molecule has 0 fully saturated rings. The summed E-state index contributed by atoms with van der Waals surface area (Å²) in [4.78, 5) is 10.8. The Bertz CT molecular complexity index is 719. The predicted molar refractivity (Wildman–Crippen MR) is 83.3 cm³/mol. The molecule has 21 heavy (non-hydrogen) atoms. The fraction of sp³-hybridized carbons (Fsp3) is 0.267. The number of fused-ring (bicyclic) bond motifs is 1. The van der Waals surface area contributed by atoms with Gasteiger partial charge < -0.3 is 10.2 Å². The number of pyridine rings is 1. The minimum atomic E-state index is 0.830. The van der Waals surface area contributed by atoms with Crippen LogP contribution in [0.3, 0.4) is 0 Å². The molecule has 0 unspecified atom stereocenters. The molecule has 0 amide bonds. The average Bonchev–Trinajstić information content (AvgIpc) is 2.96. The first-order chi connectivity index (χ1) is 10.2. The molecule has 0 aliphatic heterocycles. The van der Waals surface area contributed by atoms with E-state index in [9.17, 15) is 0 Å². The molecule has 3 heterocycles. The summed E-state index contributed by atoms with van der Waals surface area (Å²) >= 11 is 0. The summed E-state index contributed by atoms with van der Waals surface area (Å²) in [5, 5.41) is 7.74. The van der Waals surface area contributed by atoms with Crippen LogP contribution >= 0.6 is 0 Å². The largest absolute Gasteiger partial charge is 0.369 e. The van der Waals surface area contributed by atoms with Crippen LogP contribution in [0.1, 0.15) is 0 Å². The normalized spacial score (nSPS) is 11.2. The van der Waals surface area contributed by atoms with E-state index in [1.807, 2.05) is 28.8 Å². The second kappa shape index (κ2) is 5.88. The third-order valence-electron chi connectivity index (χ3n) is 3.20. The molecule has 3 aromatic heterocycles. The number of hydrogen-bond donors (Lipinski definition) is 1. The van der Waals surface area contributed by atoms with Crippen LogP contribution in [-0.2, 0) is 0 Å². The van der Waals surface area contributed by atoms with Crippen LogP contribution in [0.2, 0.25) is 0 Å². The van der Waals surface area contributed by atoms with E-state index in [0.29, 0.717) is 0 Å². The lowest BCUT2D eigenvalue weighted by Crippen LogP contribution is -2.21. The first-order valence-electron chi connectivity index (χ1n) is 6.88. The number of nitrogens with one attached hydrogen (secondary N) is 1. The smallest absolute Gasteiger partial charge is 0.157 e. The quantitative estimate of drug-likeness (QED) is 0.773. The minimum absolute atomic E-state index is 0.830. The highest BCUT2D eigenvalue weighted by molar-refractivity contribution is 5.65. The highest BCUT2D eigenvalue weighted by atomic mass is 15.3. The van der Waals surface area contributed by atoms with Crippen LogP contribution in [0, 0.1) is 0 Å². The molecule has 0 aromatic carbocycles. The summed E-state index contributed by atoms with van der Waals surface area (Å²) in [6, 6.07) is 7.84. The Labute approximate surface area is 123 Å². The monoisotopic (exact) mass is 282 g/mol. The molecule has 0 atom stereocenters. The number of aromatic nitrogens is 4. The zero-order chi connectivity index (χ0) is 14.7. The molecule has 0 aliphatic rings. The molecule has 0 spiro atoms. The van der Waals surface area contributed by atoms with E-state index in [1.54, 1.807) is 18.6 Å². The molecule has 3 rings (SSSR count). The lowest BCUT2D eigenvalue weighted by molar-refractivity contribution is 0.425. The molecule has 6 heteroatoms. The van der Waals surface area contributed by atoms with Crippen LogP contribution in [-0.4, -0.2) is 51.7 Å². The van der Waals surface area contributed by atoms with Gasteiger partial charge in [-0.15, -0.1) is 0 Å². The maximum atomic E-state index is 4.63. The molecule has 3 aromatic rings. The van der Waals surface area contributed by atoms with Crippen molar-refractivity contribution in [2.75, 3.05) is 32.5 Å². The zero-order valence-electron chi connectivity index (χ0n) is 12.2. The van der Waals surface area contributed by atoms with Gasteiger partial charge in [-0.05, 0) is 26.2 Å². The van der Waals surface area contributed by atoms with Gasteiger partial charge in [-0.1, -0.05) is 0 Å². The molecule has 0 radical (unpaired) electrons. The van der Waals surface area contributed by atoms with Gasteiger partial charge in [0.2, 0.25) is 0 Å². The summed E-state index contributed by atoms with van der Waals surface area (Å²) in [5.41, 5.74) is 2.79. The molecular formula is C15H18N6. The number of hydrogen-bond acceptors (Lipinski definition) is 5. The van der Waals surface area contributed by atoms with E-state index < -0.39 is 0 Å². The summed E-state index contributed by atoms with van der Waals surface area (Å²) in [6.07, 6.45) is 5.31. The molecule has 6 nitrogen and oxygen atoms in total. The molecule has 0 saturated carbocycles. The van der Waals surface area contributed by atoms with Crippen molar-refractivity contribution in [3.05, 3.63) is 42.9 Å². The molecular weight excluding hydrogens is 264 g/mol. The van der Waals surface area contributed by atoms with E-state index in [1.165, 1.54) is 0 Å². The van der Waals surface area contributed by atoms with Crippen molar-refractivity contribution in [1.82, 2.24) is 24.5 Å². The fourth-order valence-corrected chi connectivity index (χ4v) is 2.12. The van der Waals surface area contributed by atoms with Gasteiger partial charge >= 0.3 is 0 Å². The number of likely N-dealkylation sites (N-methyl/N-ethyl adjacent to an activating group) is 1. The van der Waals surface area contributed by atoms with Gasteiger partial charge in [0.1, 0.15) is 5.82 Å². The Kier molecular flexibility index (Phi) is 3.79. The van der Waals surface area contributed by atoms with E-state index in [0.717, 1.165) is 35.8 Å². The number of anilines is 1. The standard InChI is InChI=1S/C15H18N6/c1-20(2)10-9-17-15-11-13(12-3-6-16-7-4-12)19-14-5-8-18-21(14)15/h3-8,11,17H,9-10H2,1-2H3. The Morgan fingerprint density at radius 1 is 1.14 bits per heavy atom. The van der Waals surface area contributed by atoms with Gasteiger partial charge in [0.25, 0.3) is 0 Å². The van der Waals surface area contributed by atoms with Crippen LogP contribution in [0.15, 0.2) is 42.9 Å². The summed E-state index contributed by atoms with van der Waals surface area (Å²) < 4.78 is 1.82. The van der Waals surface area contributed by atoms with E-state index in [2.05, 4.69) is 39.4 Å². The van der Waals surface area contributed by atoms with Crippen molar-refractivity contribution in [3.8, 4) is 11.3 Å². The second-order valence-corrected chi connectivity index (χ2v) is 5.09. The first kappa shape index (κ1) is 13.5. The molecule has 0 saturated heterocycles. The average molecular weight is 282 g/mol. The highest BCUT2D eigenvalue weighted by Gasteiger charge is 2.07. The summed E-state index contributed by atoms with van der Waals surface area (Å²) in [7, 11) is 4.11. The van der Waals surface area contributed by atoms with Crippen molar-refractivity contribution in [2.24, 2.45) is 0 Å².